The van der Waals surface area contributed by atoms with Crippen LogP contribution in [0.5, 0.6) is 0 Å². The minimum absolute atomic E-state index is 0.105. The van der Waals surface area contributed by atoms with Gasteiger partial charge >= 0.3 is 6.03 Å². The molecule has 6 nitrogen and oxygen atoms in total. The normalized spacial score (nSPS) is 28.0. The second-order valence-corrected chi connectivity index (χ2v) is 7.82. The number of hydrogen-bond donors (Lipinski definition) is 1. The van der Waals surface area contributed by atoms with E-state index in [-0.39, 0.29) is 11.9 Å². The molecule has 3 amide bonds. The molecule has 0 aromatic rings. The fraction of sp³-hybridized carbons (Fsp3) is 0.895. The predicted molar refractivity (Wildman–Crippen MR) is 96.3 cm³/mol. The monoisotopic (exact) mass is 351 g/mol. The van der Waals surface area contributed by atoms with Crippen molar-refractivity contribution in [2.75, 3.05) is 33.4 Å². The molecule has 2 saturated heterocycles. The lowest BCUT2D eigenvalue weighted by molar-refractivity contribution is -0.140. The van der Waals surface area contributed by atoms with Gasteiger partial charge in [-0.1, -0.05) is 19.3 Å². The highest BCUT2D eigenvalue weighted by molar-refractivity contribution is 5.78. The van der Waals surface area contributed by atoms with Crippen molar-refractivity contribution in [3.63, 3.8) is 0 Å². The van der Waals surface area contributed by atoms with Gasteiger partial charge in [0.25, 0.3) is 0 Å². The molecule has 1 N–H and O–H groups in total. The Kier molecular flexibility index (Phi) is 6.57. The second kappa shape index (κ2) is 8.88. The van der Waals surface area contributed by atoms with E-state index in [4.69, 9.17) is 4.74 Å². The first kappa shape index (κ1) is 18.5. The summed E-state index contributed by atoms with van der Waals surface area (Å²) in [5.74, 6) is 0.698. The summed E-state index contributed by atoms with van der Waals surface area (Å²) < 4.78 is 5.13. The van der Waals surface area contributed by atoms with Gasteiger partial charge in [-0.3, -0.25) is 4.79 Å². The minimum atomic E-state index is 0.105. The van der Waals surface area contributed by atoms with Crippen LogP contribution in [0.25, 0.3) is 0 Å². The molecule has 1 saturated carbocycles. The maximum absolute atomic E-state index is 12.6. The summed E-state index contributed by atoms with van der Waals surface area (Å²) in [5, 5.41) is 3.24. The molecule has 25 heavy (non-hydrogen) atoms. The van der Waals surface area contributed by atoms with Crippen molar-refractivity contribution >= 4 is 11.9 Å². The van der Waals surface area contributed by atoms with Crippen LogP contribution < -0.4 is 5.32 Å². The Morgan fingerprint density at radius 2 is 2.00 bits per heavy atom. The summed E-state index contributed by atoms with van der Waals surface area (Å²) in [6, 6.07) is 0.766. The van der Waals surface area contributed by atoms with Crippen molar-refractivity contribution in [2.24, 2.45) is 5.92 Å². The maximum Gasteiger partial charge on any atom is 0.317 e. The summed E-state index contributed by atoms with van der Waals surface area (Å²) in [7, 11) is 1.70. The van der Waals surface area contributed by atoms with E-state index in [1.54, 1.807) is 7.11 Å². The van der Waals surface area contributed by atoms with Gasteiger partial charge in [0.05, 0.1) is 0 Å². The van der Waals surface area contributed by atoms with Crippen LogP contribution in [0.3, 0.4) is 0 Å². The Bertz CT molecular complexity index is 465. The molecule has 0 spiro atoms. The number of amides is 3. The van der Waals surface area contributed by atoms with Gasteiger partial charge in [0.2, 0.25) is 5.91 Å². The molecule has 142 valence electrons. The van der Waals surface area contributed by atoms with Crippen molar-refractivity contribution in [1.82, 2.24) is 15.1 Å². The number of likely N-dealkylation sites (tertiary alicyclic amines) is 2. The number of nitrogens with zero attached hydrogens (tertiary/aromatic N) is 2. The average molecular weight is 351 g/mol. The third-order valence-electron chi connectivity index (χ3n) is 6.11. The molecule has 0 aromatic carbocycles. The third kappa shape index (κ3) is 4.66. The van der Waals surface area contributed by atoms with Crippen LogP contribution in [-0.4, -0.2) is 67.2 Å². The van der Waals surface area contributed by atoms with Gasteiger partial charge in [-0.2, -0.15) is 0 Å². The summed E-state index contributed by atoms with van der Waals surface area (Å²) in [5.41, 5.74) is 0. The lowest BCUT2D eigenvalue weighted by Gasteiger charge is -2.47. The highest BCUT2D eigenvalue weighted by Gasteiger charge is 2.40. The first-order valence-corrected chi connectivity index (χ1v) is 10.0. The standard InChI is InChI=1S/C19H33N3O3/c1-25-13-5-11-22-17-10-12-21(14-15(17)8-9-18(22)23)19(24)20-16-6-3-2-4-7-16/h15-17H,2-14H2,1H3,(H,20,24). The number of fused-ring (bicyclic) bond motifs is 1. The zero-order chi connectivity index (χ0) is 17.6. The Balaban J connectivity index is 1.52. The molecule has 3 rings (SSSR count). The SMILES string of the molecule is COCCCN1C(=O)CCC2CN(C(=O)NC3CCCCC3)CCC21. The average Bonchev–Trinajstić information content (AvgIpc) is 2.64. The Morgan fingerprint density at radius 3 is 2.76 bits per heavy atom. The van der Waals surface area contributed by atoms with Gasteiger partial charge in [-0.25, -0.2) is 4.79 Å². The maximum atomic E-state index is 12.6. The molecule has 3 aliphatic rings. The number of methoxy groups -OCH3 is 1. The summed E-state index contributed by atoms with van der Waals surface area (Å²) in [4.78, 5) is 29.0. The lowest BCUT2D eigenvalue weighted by Crippen LogP contribution is -2.58. The fourth-order valence-electron chi connectivity index (χ4n) is 4.72. The topological polar surface area (TPSA) is 61.9 Å². The predicted octanol–water partition coefficient (Wildman–Crippen LogP) is 2.38. The van der Waals surface area contributed by atoms with Gasteiger partial charge in [-0.05, 0) is 38.0 Å². The van der Waals surface area contributed by atoms with Gasteiger partial charge < -0.3 is 19.9 Å². The van der Waals surface area contributed by atoms with Gasteiger partial charge in [0, 0.05) is 51.9 Å². The first-order chi connectivity index (χ1) is 12.2. The zero-order valence-corrected chi connectivity index (χ0v) is 15.5. The van der Waals surface area contributed by atoms with Crippen molar-refractivity contribution in [2.45, 2.75) is 69.9 Å². The molecule has 2 heterocycles. The van der Waals surface area contributed by atoms with Crippen molar-refractivity contribution < 1.29 is 14.3 Å². The van der Waals surface area contributed by atoms with Crippen molar-refractivity contribution in [1.29, 1.82) is 0 Å². The van der Waals surface area contributed by atoms with E-state index in [2.05, 4.69) is 10.2 Å². The molecule has 0 radical (unpaired) electrons. The number of nitrogens with one attached hydrogen (secondary N) is 1. The van der Waals surface area contributed by atoms with Crippen LogP contribution in [0.4, 0.5) is 4.79 Å². The molecule has 3 fully saturated rings. The highest BCUT2D eigenvalue weighted by atomic mass is 16.5. The van der Waals surface area contributed by atoms with Crippen LogP contribution in [0.2, 0.25) is 0 Å². The first-order valence-electron chi connectivity index (χ1n) is 10.0. The van der Waals surface area contributed by atoms with Gasteiger partial charge in [0.1, 0.15) is 0 Å². The summed E-state index contributed by atoms with van der Waals surface area (Å²) in [6.45, 7) is 3.02. The quantitative estimate of drug-likeness (QED) is 0.774. The molecule has 0 aromatic heterocycles. The third-order valence-corrected chi connectivity index (χ3v) is 6.11. The van der Waals surface area contributed by atoms with Crippen LogP contribution in [0.15, 0.2) is 0 Å². The summed E-state index contributed by atoms with van der Waals surface area (Å²) in [6.07, 6.45) is 9.32. The van der Waals surface area contributed by atoms with E-state index in [0.29, 0.717) is 31.0 Å². The molecule has 2 atom stereocenters. The summed E-state index contributed by atoms with van der Waals surface area (Å²) >= 11 is 0. The zero-order valence-electron chi connectivity index (χ0n) is 15.5. The lowest BCUT2D eigenvalue weighted by atomic mass is 9.83. The Hall–Kier alpha value is -1.30. The van der Waals surface area contributed by atoms with E-state index in [0.717, 1.165) is 51.7 Å². The molecule has 1 aliphatic carbocycles. The van der Waals surface area contributed by atoms with Crippen LogP contribution in [-0.2, 0) is 9.53 Å². The van der Waals surface area contributed by atoms with Gasteiger partial charge in [-0.15, -0.1) is 0 Å². The van der Waals surface area contributed by atoms with E-state index < -0.39 is 0 Å². The molecule has 2 aliphatic heterocycles. The van der Waals surface area contributed by atoms with Crippen LogP contribution in [0.1, 0.15) is 57.8 Å². The molecule has 2 unspecified atom stereocenters. The number of hydrogen-bond acceptors (Lipinski definition) is 3. The van der Waals surface area contributed by atoms with Gasteiger partial charge in [0.15, 0.2) is 0 Å². The molecular formula is C19H33N3O3. The number of carbonyl (C=O) groups excluding carboxylic acids is 2. The van der Waals surface area contributed by atoms with E-state index in [9.17, 15) is 9.59 Å². The largest absolute Gasteiger partial charge is 0.385 e. The Labute approximate surface area is 151 Å². The number of ether oxygens (including phenoxy) is 1. The molecule has 6 heteroatoms. The van der Waals surface area contributed by atoms with E-state index >= 15 is 0 Å². The van der Waals surface area contributed by atoms with E-state index in [1.165, 1.54) is 19.3 Å². The molecule has 0 bridgehead atoms. The number of urea groups is 1. The Morgan fingerprint density at radius 1 is 1.20 bits per heavy atom. The van der Waals surface area contributed by atoms with Crippen molar-refractivity contribution in [3.05, 3.63) is 0 Å². The van der Waals surface area contributed by atoms with E-state index in [1.807, 2.05) is 4.90 Å². The van der Waals surface area contributed by atoms with Crippen LogP contribution >= 0.6 is 0 Å². The number of piperidine rings is 2. The number of carbonyl (C=O) groups is 2. The highest BCUT2D eigenvalue weighted by Crippen LogP contribution is 2.31. The fourth-order valence-corrected chi connectivity index (χ4v) is 4.72. The van der Waals surface area contributed by atoms with Crippen LogP contribution in [0, 0.1) is 5.92 Å². The molecular weight excluding hydrogens is 318 g/mol. The smallest absolute Gasteiger partial charge is 0.317 e. The number of rotatable bonds is 5. The minimum Gasteiger partial charge on any atom is -0.385 e. The van der Waals surface area contributed by atoms with Crippen molar-refractivity contribution in [3.8, 4) is 0 Å². The second-order valence-electron chi connectivity index (χ2n) is 7.82.